The molecule has 1 aliphatic rings. The number of aliphatic hydroxyl groups is 2. The van der Waals surface area contributed by atoms with Crippen LogP contribution in [0.15, 0.2) is 0 Å². The van der Waals surface area contributed by atoms with Crippen molar-refractivity contribution in [3.8, 4) is 0 Å². The molecule has 0 aromatic heterocycles. The fraction of sp³-hybridized carbons (Fsp3) is 1.00. The molecule has 5 unspecified atom stereocenters. The molecule has 0 aromatic rings. The first-order valence-electron chi connectivity index (χ1n) is 4.19. The minimum atomic E-state index is -0.973. The molecular formula is C8H16O5. The number of hydrogen-bond acceptors (Lipinski definition) is 5. The standard InChI is InChI=1S/C8H16O5/c1-4-5(9)6(10)7(11-2)8(12-3)13-4/h4-10H,1-3H3. The summed E-state index contributed by atoms with van der Waals surface area (Å²) in [5, 5.41) is 19.0. The lowest BCUT2D eigenvalue weighted by Crippen LogP contribution is -2.57. The molecule has 0 aromatic carbocycles. The van der Waals surface area contributed by atoms with Crippen molar-refractivity contribution >= 4 is 0 Å². The van der Waals surface area contributed by atoms with Crippen LogP contribution in [0.4, 0.5) is 0 Å². The van der Waals surface area contributed by atoms with Crippen LogP contribution in [0, 0.1) is 0 Å². The molecule has 1 fully saturated rings. The maximum Gasteiger partial charge on any atom is 0.186 e. The molecule has 5 nitrogen and oxygen atoms in total. The van der Waals surface area contributed by atoms with Crippen LogP contribution in [-0.4, -0.2) is 55.1 Å². The Hall–Kier alpha value is -0.200. The molecule has 2 N–H and O–H groups in total. The van der Waals surface area contributed by atoms with Crippen molar-refractivity contribution in [3.63, 3.8) is 0 Å². The van der Waals surface area contributed by atoms with Crippen molar-refractivity contribution in [3.05, 3.63) is 0 Å². The van der Waals surface area contributed by atoms with E-state index in [1.807, 2.05) is 0 Å². The highest BCUT2D eigenvalue weighted by Gasteiger charge is 2.43. The molecule has 0 saturated carbocycles. The van der Waals surface area contributed by atoms with Crippen molar-refractivity contribution in [1.29, 1.82) is 0 Å². The van der Waals surface area contributed by atoms with Gasteiger partial charge in [0.15, 0.2) is 6.29 Å². The van der Waals surface area contributed by atoms with E-state index in [1.54, 1.807) is 6.92 Å². The first-order chi connectivity index (χ1) is 6.11. The normalized spacial score (nSPS) is 46.4. The summed E-state index contributed by atoms with van der Waals surface area (Å²) in [6.07, 6.45) is -3.63. The Labute approximate surface area is 77.2 Å². The molecule has 5 heteroatoms. The lowest BCUT2D eigenvalue weighted by molar-refractivity contribution is -0.291. The van der Waals surface area contributed by atoms with Crippen molar-refractivity contribution < 1.29 is 24.4 Å². The monoisotopic (exact) mass is 192 g/mol. The van der Waals surface area contributed by atoms with Gasteiger partial charge in [-0.15, -0.1) is 0 Å². The van der Waals surface area contributed by atoms with E-state index < -0.39 is 30.7 Å². The predicted molar refractivity (Wildman–Crippen MR) is 44.2 cm³/mol. The number of aliphatic hydroxyl groups excluding tert-OH is 2. The van der Waals surface area contributed by atoms with Crippen LogP contribution in [0.2, 0.25) is 0 Å². The highest BCUT2D eigenvalue weighted by molar-refractivity contribution is 4.87. The van der Waals surface area contributed by atoms with Crippen LogP contribution >= 0.6 is 0 Å². The Kier molecular flexibility index (Phi) is 3.63. The third-order valence-corrected chi connectivity index (χ3v) is 2.29. The first kappa shape index (κ1) is 10.9. The van der Waals surface area contributed by atoms with E-state index in [0.29, 0.717) is 0 Å². The lowest BCUT2D eigenvalue weighted by Gasteiger charge is -2.39. The van der Waals surface area contributed by atoms with Crippen molar-refractivity contribution in [2.75, 3.05) is 14.2 Å². The Morgan fingerprint density at radius 1 is 1.08 bits per heavy atom. The lowest BCUT2D eigenvalue weighted by atomic mass is 10.00. The van der Waals surface area contributed by atoms with Gasteiger partial charge < -0.3 is 24.4 Å². The Morgan fingerprint density at radius 2 is 1.69 bits per heavy atom. The van der Waals surface area contributed by atoms with E-state index in [0.717, 1.165) is 0 Å². The smallest absolute Gasteiger partial charge is 0.186 e. The molecule has 0 aliphatic carbocycles. The van der Waals surface area contributed by atoms with E-state index in [1.165, 1.54) is 14.2 Å². The molecule has 78 valence electrons. The highest BCUT2D eigenvalue weighted by atomic mass is 16.7. The quantitative estimate of drug-likeness (QED) is 0.594. The zero-order valence-corrected chi connectivity index (χ0v) is 8.01. The second-order valence-electron chi connectivity index (χ2n) is 3.13. The number of methoxy groups -OCH3 is 2. The summed E-state index contributed by atoms with van der Waals surface area (Å²) in [7, 11) is 2.90. The van der Waals surface area contributed by atoms with Crippen molar-refractivity contribution in [2.45, 2.75) is 37.6 Å². The van der Waals surface area contributed by atoms with E-state index in [9.17, 15) is 10.2 Å². The van der Waals surface area contributed by atoms with Gasteiger partial charge in [-0.3, -0.25) is 0 Å². The third kappa shape index (κ3) is 2.00. The molecule has 0 radical (unpaired) electrons. The SMILES string of the molecule is COC1OC(C)C(O)C(O)C1OC. The van der Waals surface area contributed by atoms with Crippen LogP contribution in [0.3, 0.4) is 0 Å². The van der Waals surface area contributed by atoms with E-state index in [-0.39, 0.29) is 0 Å². The molecule has 1 heterocycles. The minimum Gasteiger partial charge on any atom is -0.388 e. The molecule has 0 amide bonds. The molecule has 1 saturated heterocycles. The molecule has 0 bridgehead atoms. The minimum absolute atomic E-state index is 0.452. The van der Waals surface area contributed by atoms with Crippen LogP contribution < -0.4 is 0 Å². The average Bonchev–Trinajstić information content (AvgIpc) is 2.13. The van der Waals surface area contributed by atoms with Gasteiger partial charge in [-0.1, -0.05) is 0 Å². The van der Waals surface area contributed by atoms with Gasteiger partial charge in [0.05, 0.1) is 6.10 Å². The molecule has 1 aliphatic heterocycles. The molecule has 5 atom stereocenters. The predicted octanol–water partition coefficient (Wildman–Crippen LogP) is -0.886. The summed E-state index contributed by atoms with van der Waals surface area (Å²) in [5.74, 6) is 0. The van der Waals surface area contributed by atoms with Crippen LogP contribution in [-0.2, 0) is 14.2 Å². The van der Waals surface area contributed by atoms with Crippen molar-refractivity contribution in [1.82, 2.24) is 0 Å². The maximum absolute atomic E-state index is 9.57. The molecule has 0 spiro atoms. The fourth-order valence-electron chi connectivity index (χ4n) is 1.44. The fourth-order valence-corrected chi connectivity index (χ4v) is 1.44. The zero-order valence-electron chi connectivity index (χ0n) is 8.01. The summed E-state index contributed by atoms with van der Waals surface area (Å²) >= 11 is 0. The summed E-state index contributed by atoms with van der Waals surface area (Å²) in [4.78, 5) is 0. The van der Waals surface area contributed by atoms with Crippen LogP contribution in [0.25, 0.3) is 0 Å². The second-order valence-corrected chi connectivity index (χ2v) is 3.13. The summed E-state index contributed by atoms with van der Waals surface area (Å²) in [6.45, 7) is 1.67. The van der Waals surface area contributed by atoms with Gasteiger partial charge >= 0.3 is 0 Å². The van der Waals surface area contributed by atoms with Gasteiger partial charge in [0.1, 0.15) is 18.3 Å². The number of rotatable bonds is 2. The topological polar surface area (TPSA) is 68.2 Å². The second kappa shape index (κ2) is 4.34. The summed E-state index contributed by atoms with van der Waals surface area (Å²) in [5.41, 5.74) is 0. The van der Waals surface area contributed by atoms with Gasteiger partial charge in [0.2, 0.25) is 0 Å². The van der Waals surface area contributed by atoms with Gasteiger partial charge in [-0.25, -0.2) is 0 Å². The molecular weight excluding hydrogens is 176 g/mol. The highest BCUT2D eigenvalue weighted by Crippen LogP contribution is 2.22. The maximum atomic E-state index is 9.57. The zero-order chi connectivity index (χ0) is 10.0. The molecule has 13 heavy (non-hydrogen) atoms. The Morgan fingerprint density at radius 3 is 2.15 bits per heavy atom. The Balaban J connectivity index is 2.69. The van der Waals surface area contributed by atoms with E-state index in [4.69, 9.17) is 14.2 Å². The number of ether oxygens (including phenoxy) is 3. The third-order valence-electron chi connectivity index (χ3n) is 2.29. The first-order valence-corrected chi connectivity index (χ1v) is 4.19. The average molecular weight is 192 g/mol. The van der Waals surface area contributed by atoms with Gasteiger partial charge in [0, 0.05) is 14.2 Å². The molecule has 1 rings (SSSR count). The largest absolute Gasteiger partial charge is 0.388 e. The van der Waals surface area contributed by atoms with Gasteiger partial charge in [0.25, 0.3) is 0 Å². The van der Waals surface area contributed by atoms with Crippen molar-refractivity contribution in [2.24, 2.45) is 0 Å². The summed E-state index contributed by atoms with van der Waals surface area (Å²) in [6, 6.07) is 0. The Bertz CT molecular complexity index is 161. The van der Waals surface area contributed by atoms with E-state index in [2.05, 4.69) is 0 Å². The van der Waals surface area contributed by atoms with Crippen LogP contribution in [0.5, 0.6) is 0 Å². The number of hydrogen-bond donors (Lipinski definition) is 2. The van der Waals surface area contributed by atoms with Gasteiger partial charge in [-0.2, -0.15) is 0 Å². The van der Waals surface area contributed by atoms with Gasteiger partial charge in [-0.05, 0) is 6.92 Å². The van der Waals surface area contributed by atoms with E-state index >= 15 is 0 Å². The van der Waals surface area contributed by atoms with Crippen LogP contribution in [0.1, 0.15) is 6.92 Å². The summed E-state index contributed by atoms with van der Waals surface area (Å²) < 4.78 is 15.2.